The molecule has 1 nitrogen and oxygen atoms in total. The number of hydrogen-bond acceptors (Lipinski definition) is 1. The second kappa shape index (κ2) is 6.94. The number of hydrogen-bond donors (Lipinski definition) is 1. The maximum Gasteiger partial charge on any atom is 0.00673 e. The van der Waals surface area contributed by atoms with Crippen LogP contribution < -0.4 is 5.32 Å². The summed E-state index contributed by atoms with van der Waals surface area (Å²) >= 11 is 0. The van der Waals surface area contributed by atoms with Gasteiger partial charge in [-0.05, 0) is 56.0 Å². The summed E-state index contributed by atoms with van der Waals surface area (Å²) in [5.74, 6) is 1.84. The molecule has 1 aliphatic carbocycles. The molecule has 1 N–H and O–H groups in total. The molecule has 0 aromatic heterocycles. The van der Waals surface area contributed by atoms with Gasteiger partial charge in [-0.2, -0.15) is 0 Å². The molecular weight excluding hydrogens is 218 g/mol. The Hall–Kier alpha value is -0.820. The fraction of sp³-hybridized carbons (Fsp3) is 0.647. The molecule has 100 valence electrons. The molecule has 1 aromatic rings. The smallest absolute Gasteiger partial charge is 0.00673 e. The summed E-state index contributed by atoms with van der Waals surface area (Å²) in [5.41, 5.74) is 1.45. The normalized spacial score (nSPS) is 24.4. The molecule has 0 bridgehead atoms. The molecule has 1 saturated carbocycles. The SMILES string of the molecule is CC(C)C1CCC(NCCc2ccccc2)CC1. The summed E-state index contributed by atoms with van der Waals surface area (Å²) in [5, 5.41) is 3.73. The van der Waals surface area contributed by atoms with Crippen LogP contribution in [-0.4, -0.2) is 12.6 Å². The predicted octanol–water partition coefficient (Wildman–Crippen LogP) is 4.03. The quantitative estimate of drug-likeness (QED) is 0.825. The van der Waals surface area contributed by atoms with Crippen molar-refractivity contribution in [1.29, 1.82) is 0 Å². The Morgan fingerprint density at radius 3 is 2.33 bits per heavy atom. The predicted molar refractivity (Wildman–Crippen MR) is 78.7 cm³/mol. The minimum absolute atomic E-state index is 0.767. The van der Waals surface area contributed by atoms with E-state index in [1.165, 1.54) is 31.2 Å². The Morgan fingerprint density at radius 2 is 1.72 bits per heavy atom. The first-order chi connectivity index (χ1) is 8.75. The van der Waals surface area contributed by atoms with E-state index in [0.717, 1.165) is 30.8 Å². The molecule has 0 saturated heterocycles. The highest BCUT2D eigenvalue weighted by atomic mass is 14.9. The molecule has 0 radical (unpaired) electrons. The Morgan fingerprint density at radius 1 is 1.06 bits per heavy atom. The van der Waals surface area contributed by atoms with Crippen molar-refractivity contribution in [3.63, 3.8) is 0 Å². The van der Waals surface area contributed by atoms with E-state index in [1.807, 2.05) is 0 Å². The van der Waals surface area contributed by atoms with Crippen LogP contribution >= 0.6 is 0 Å². The van der Waals surface area contributed by atoms with Crippen LogP contribution in [0.4, 0.5) is 0 Å². The average molecular weight is 245 g/mol. The zero-order chi connectivity index (χ0) is 12.8. The van der Waals surface area contributed by atoms with Gasteiger partial charge in [0, 0.05) is 6.04 Å². The Kier molecular flexibility index (Phi) is 5.25. The van der Waals surface area contributed by atoms with Gasteiger partial charge in [0.15, 0.2) is 0 Å². The summed E-state index contributed by atoms with van der Waals surface area (Å²) in [6.07, 6.45) is 6.74. The van der Waals surface area contributed by atoms with E-state index < -0.39 is 0 Å². The number of benzene rings is 1. The van der Waals surface area contributed by atoms with Crippen LogP contribution in [0.2, 0.25) is 0 Å². The number of nitrogens with one attached hydrogen (secondary N) is 1. The van der Waals surface area contributed by atoms with Gasteiger partial charge in [0.05, 0.1) is 0 Å². The average Bonchev–Trinajstić information content (AvgIpc) is 2.40. The summed E-state index contributed by atoms with van der Waals surface area (Å²) in [4.78, 5) is 0. The second-order valence-corrected chi connectivity index (χ2v) is 6.05. The first kappa shape index (κ1) is 13.6. The van der Waals surface area contributed by atoms with E-state index in [-0.39, 0.29) is 0 Å². The minimum Gasteiger partial charge on any atom is -0.314 e. The van der Waals surface area contributed by atoms with Crippen molar-refractivity contribution in [2.75, 3.05) is 6.54 Å². The van der Waals surface area contributed by atoms with Crippen LogP contribution in [0.15, 0.2) is 30.3 Å². The van der Waals surface area contributed by atoms with Crippen LogP contribution in [0.1, 0.15) is 45.1 Å². The Balaban J connectivity index is 1.64. The van der Waals surface area contributed by atoms with Crippen molar-refractivity contribution in [1.82, 2.24) is 5.32 Å². The highest BCUT2D eigenvalue weighted by Gasteiger charge is 2.22. The van der Waals surface area contributed by atoms with Crippen LogP contribution in [-0.2, 0) is 6.42 Å². The lowest BCUT2D eigenvalue weighted by molar-refractivity contribution is 0.239. The van der Waals surface area contributed by atoms with E-state index in [1.54, 1.807) is 0 Å². The van der Waals surface area contributed by atoms with Crippen molar-refractivity contribution in [3.8, 4) is 0 Å². The lowest BCUT2D eigenvalue weighted by Crippen LogP contribution is -2.35. The van der Waals surface area contributed by atoms with Crippen molar-refractivity contribution in [3.05, 3.63) is 35.9 Å². The van der Waals surface area contributed by atoms with Gasteiger partial charge >= 0.3 is 0 Å². The Labute approximate surface area is 112 Å². The summed E-state index contributed by atoms with van der Waals surface area (Å²) in [6.45, 7) is 5.86. The zero-order valence-electron chi connectivity index (χ0n) is 11.9. The Bertz CT molecular complexity index is 323. The molecule has 1 aliphatic rings. The van der Waals surface area contributed by atoms with E-state index in [0.29, 0.717) is 0 Å². The molecule has 1 fully saturated rings. The fourth-order valence-electron chi connectivity index (χ4n) is 3.06. The molecule has 1 heteroatoms. The zero-order valence-corrected chi connectivity index (χ0v) is 11.9. The van der Waals surface area contributed by atoms with Gasteiger partial charge < -0.3 is 5.32 Å². The van der Waals surface area contributed by atoms with Crippen molar-refractivity contribution < 1.29 is 0 Å². The summed E-state index contributed by atoms with van der Waals surface area (Å²) in [7, 11) is 0. The maximum absolute atomic E-state index is 3.73. The molecule has 0 amide bonds. The van der Waals surface area contributed by atoms with Gasteiger partial charge in [0.25, 0.3) is 0 Å². The van der Waals surface area contributed by atoms with Crippen molar-refractivity contribution in [2.45, 2.75) is 52.0 Å². The van der Waals surface area contributed by atoms with Crippen LogP contribution in [0, 0.1) is 11.8 Å². The molecule has 0 unspecified atom stereocenters. The van der Waals surface area contributed by atoms with Gasteiger partial charge in [-0.1, -0.05) is 44.2 Å². The van der Waals surface area contributed by atoms with Crippen LogP contribution in [0.3, 0.4) is 0 Å². The number of rotatable bonds is 5. The third-order valence-corrected chi connectivity index (χ3v) is 4.40. The van der Waals surface area contributed by atoms with E-state index in [2.05, 4.69) is 49.5 Å². The van der Waals surface area contributed by atoms with Crippen molar-refractivity contribution >= 4 is 0 Å². The summed E-state index contributed by atoms with van der Waals surface area (Å²) in [6, 6.07) is 11.6. The summed E-state index contributed by atoms with van der Waals surface area (Å²) < 4.78 is 0. The molecule has 2 rings (SSSR count). The third kappa shape index (κ3) is 4.13. The molecule has 0 aliphatic heterocycles. The maximum atomic E-state index is 3.73. The second-order valence-electron chi connectivity index (χ2n) is 6.05. The van der Waals surface area contributed by atoms with Gasteiger partial charge in [-0.3, -0.25) is 0 Å². The molecule has 0 atom stereocenters. The van der Waals surface area contributed by atoms with Crippen LogP contribution in [0.25, 0.3) is 0 Å². The standard InChI is InChI=1S/C17H27N/c1-14(2)16-8-10-17(11-9-16)18-13-12-15-6-4-3-5-7-15/h3-7,14,16-18H,8-13H2,1-2H3. The van der Waals surface area contributed by atoms with Crippen LogP contribution in [0.5, 0.6) is 0 Å². The minimum atomic E-state index is 0.767. The van der Waals surface area contributed by atoms with E-state index >= 15 is 0 Å². The lowest BCUT2D eigenvalue weighted by atomic mass is 9.80. The third-order valence-electron chi connectivity index (χ3n) is 4.40. The lowest BCUT2D eigenvalue weighted by Gasteiger charge is -2.31. The topological polar surface area (TPSA) is 12.0 Å². The van der Waals surface area contributed by atoms with E-state index in [4.69, 9.17) is 0 Å². The molecule has 0 heterocycles. The van der Waals surface area contributed by atoms with Gasteiger partial charge in [0.1, 0.15) is 0 Å². The monoisotopic (exact) mass is 245 g/mol. The highest BCUT2D eigenvalue weighted by molar-refractivity contribution is 5.14. The van der Waals surface area contributed by atoms with E-state index in [9.17, 15) is 0 Å². The molecule has 0 spiro atoms. The largest absolute Gasteiger partial charge is 0.314 e. The van der Waals surface area contributed by atoms with Gasteiger partial charge in [-0.25, -0.2) is 0 Å². The molecule has 1 aromatic carbocycles. The first-order valence-corrected chi connectivity index (χ1v) is 7.53. The molecular formula is C17H27N. The molecule has 18 heavy (non-hydrogen) atoms. The first-order valence-electron chi connectivity index (χ1n) is 7.53. The van der Waals surface area contributed by atoms with Gasteiger partial charge in [-0.15, -0.1) is 0 Å². The fourth-order valence-corrected chi connectivity index (χ4v) is 3.06. The van der Waals surface area contributed by atoms with Crippen molar-refractivity contribution in [2.24, 2.45) is 11.8 Å². The highest BCUT2D eigenvalue weighted by Crippen LogP contribution is 2.29. The van der Waals surface area contributed by atoms with Gasteiger partial charge in [0.2, 0.25) is 0 Å².